The van der Waals surface area contributed by atoms with E-state index in [1.807, 2.05) is 0 Å². The average molecular weight is 250 g/mol. The lowest BCUT2D eigenvalue weighted by atomic mass is 9.93. The average Bonchev–Trinajstić information content (AvgIpc) is 2.26. The van der Waals surface area contributed by atoms with Crippen LogP contribution in [0.15, 0.2) is 18.2 Å². The number of carboxylic acids is 1. The largest absolute Gasteiger partial charge is 0.506 e. The molecule has 1 saturated carbocycles. The Hall–Kier alpha value is -2.24. The minimum Gasteiger partial charge on any atom is -0.506 e. The number of phenolic OH excluding ortho intramolecular Hbond substituents is 1. The Kier molecular flexibility index (Phi) is 3.36. The smallest absolute Gasteiger partial charge is 0.335 e. The molecule has 2 amide bonds. The lowest BCUT2D eigenvalue weighted by Gasteiger charge is -2.26. The van der Waals surface area contributed by atoms with Crippen molar-refractivity contribution in [2.24, 2.45) is 0 Å². The molecule has 0 heterocycles. The molecule has 0 atom stereocenters. The molecule has 0 saturated heterocycles. The predicted octanol–water partition coefficient (Wildman–Crippen LogP) is 1.76. The fourth-order valence-electron chi connectivity index (χ4n) is 1.67. The van der Waals surface area contributed by atoms with E-state index in [2.05, 4.69) is 10.6 Å². The number of aromatic carboxylic acids is 1. The van der Waals surface area contributed by atoms with E-state index in [4.69, 9.17) is 5.11 Å². The highest BCUT2D eigenvalue weighted by atomic mass is 16.4. The van der Waals surface area contributed by atoms with Crippen LogP contribution < -0.4 is 10.6 Å². The number of anilines is 1. The van der Waals surface area contributed by atoms with Crippen LogP contribution in [0.25, 0.3) is 0 Å². The van der Waals surface area contributed by atoms with Crippen molar-refractivity contribution >= 4 is 17.7 Å². The van der Waals surface area contributed by atoms with E-state index in [9.17, 15) is 14.7 Å². The molecule has 0 spiro atoms. The van der Waals surface area contributed by atoms with E-state index >= 15 is 0 Å². The molecule has 0 unspecified atom stereocenters. The minimum absolute atomic E-state index is 0.00624. The van der Waals surface area contributed by atoms with Gasteiger partial charge >= 0.3 is 12.0 Å². The van der Waals surface area contributed by atoms with Gasteiger partial charge in [-0.15, -0.1) is 0 Å². The van der Waals surface area contributed by atoms with Gasteiger partial charge in [0, 0.05) is 6.04 Å². The summed E-state index contributed by atoms with van der Waals surface area (Å²) in [5.41, 5.74) is 0.0958. The number of urea groups is 1. The first-order valence-corrected chi connectivity index (χ1v) is 5.70. The van der Waals surface area contributed by atoms with Crippen molar-refractivity contribution in [2.45, 2.75) is 25.3 Å². The second-order valence-corrected chi connectivity index (χ2v) is 4.26. The minimum atomic E-state index is -1.11. The Labute approximate surface area is 104 Å². The summed E-state index contributed by atoms with van der Waals surface area (Å²) >= 11 is 0. The molecule has 0 aromatic heterocycles. The Morgan fingerprint density at radius 3 is 2.56 bits per heavy atom. The van der Waals surface area contributed by atoms with Crippen LogP contribution in [0, 0.1) is 0 Å². The Bertz CT molecular complexity index is 483. The second kappa shape index (κ2) is 4.95. The van der Waals surface area contributed by atoms with Crippen molar-refractivity contribution in [3.63, 3.8) is 0 Å². The fraction of sp³-hybridized carbons (Fsp3) is 0.333. The molecule has 6 heteroatoms. The summed E-state index contributed by atoms with van der Waals surface area (Å²) in [6.07, 6.45) is 3.01. The third-order valence-electron chi connectivity index (χ3n) is 2.93. The number of hydrogen-bond donors (Lipinski definition) is 4. The Morgan fingerprint density at radius 2 is 2.00 bits per heavy atom. The summed E-state index contributed by atoms with van der Waals surface area (Å²) < 4.78 is 0. The summed E-state index contributed by atoms with van der Waals surface area (Å²) in [5.74, 6) is -1.28. The molecule has 0 bridgehead atoms. The number of carboxylic acid groups (broad SMARTS) is 1. The number of hydrogen-bond acceptors (Lipinski definition) is 3. The molecule has 1 fully saturated rings. The highest BCUT2D eigenvalue weighted by molar-refractivity contribution is 5.94. The van der Waals surface area contributed by atoms with Crippen molar-refractivity contribution < 1.29 is 19.8 Å². The van der Waals surface area contributed by atoms with Gasteiger partial charge in [-0.25, -0.2) is 9.59 Å². The van der Waals surface area contributed by atoms with Crippen LogP contribution in [0.1, 0.15) is 29.6 Å². The van der Waals surface area contributed by atoms with E-state index in [0.29, 0.717) is 0 Å². The summed E-state index contributed by atoms with van der Waals surface area (Å²) in [7, 11) is 0. The zero-order valence-corrected chi connectivity index (χ0v) is 9.64. The lowest BCUT2D eigenvalue weighted by Crippen LogP contribution is -2.41. The molecule has 6 nitrogen and oxygen atoms in total. The normalized spacial score (nSPS) is 14.7. The summed E-state index contributed by atoms with van der Waals surface area (Å²) in [4.78, 5) is 22.3. The third kappa shape index (κ3) is 2.71. The van der Waals surface area contributed by atoms with Gasteiger partial charge in [0.25, 0.3) is 0 Å². The molecule has 0 radical (unpaired) electrons. The number of carbonyl (C=O) groups excluding carboxylic acids is 1. The van der Waals surface area contributed by atoms with Crippen LogP contribution in [0.2, 0.25) is 0 Å². The van der Waals surface area contributed by atoms with E-state index in [1.165, 1.54) is 18.2 Å². The van der Waals surface area contributed by atoms with Crippen LogP contribution in [-0.4, -0.2) is 28.3 Å². The standard InChI is InChI=1S/C12H14N2O4/c15-10-5-4-7(11(16)17)6-9(10)14-12(18)13-8-2-1-3-8/h4-6,8,15H,1-3H2,(H,16,17)(H2,13,14,18). The summed E-state index contributed by atoms with van der Waals surface area (Å²) in [6.45, 7) is 0. The molecule has 1 aliphatic carbocycles. The van der Waals surface area contributed by atoms with Gasteiger partial charge in [-0.05, 0) is 37.5 Å². The summed E-state index contributed by atoms with van der Waals surface area (Å²) in [5, 5.41) is 23.5. The summed E-state index contributed by atoms with van der Waals surface area (Å²) in [6, 6.07) is 3.47. The van der Waals surface area contributed by atoms with Crippen LogP contribution in [0.5, 0.6) is 5.75 Å². The van der Waals surface area contributed by atoms with Gasteiger partial charge in [0.05, 0.1) is 11.3 Å². The van der Waals surface area contributed by atoms with Gasteiger partial charge in [0.2, 0.25) is 0 Å². The molecule has 0 aliphatic heterocycles. The fourth-order valence-corrected chi connectivity index (χ4v) is 1.67. The molecule has 1 aromatic carbocycles. The lowest BCUT2D eigenvalue weighted by molar-refractivity contribution is 0.0697. The maximum absolute atomic E-state index is 11.6. The van der Waals surface area contributed by atoms with Gasteiger partial charge in [-0.2, -0.15) is 0 Å². The van der Waals surface area contributed by atoms with E-state index in [-0.39, 0.29) is 23.0 Å². The number of nitrogens with one attached hydrogen (secondary N) is 2. The quantitative estimate of drug-likeness (QED) is 0.614. The van der Waals surface area contributed by atoms with Gasteiger partial charge in [0.1, 0.15) is 5.75 Å². The first-order valence-electron chi connectivity index (χ1n) is 5.70. The van der Waals surface area contributed by atoms with Crippen molar-refractivity contribution in [2.75, 3.05) is 5.32 Å². The van der Waals surface area contributed by atoms with Crippen LogP contribution in [0.3, 0.4) is 0 Å². The highest BCUT2D eigenvalue weighted by Crippen LogP contribution is 2.24. The number of rotatable bonds is 3. The van der Waals surface area contributed by atoms with Gasteiger partial charge < -0.3 is 20.8 Å². The first-order chi connectivity index (χ1) is 8.56. The first kappa shape index (κ1) is 12.2. The number of aromatic hydroxyl groups is 1. The molecule has 4 N–H and O–H groups in total. The topological polar surface area (TPSA) is 98.7 Å². The van der Waals surface area contributed by atoms with E-state index in [1.54, 1.807) is 0 Å². The van der Waals surface area contributed by atoms with Gasteiger partial charge in [-0.3, -0.25) is 0 Å². The second-order valence-electron chi connectivity index (χ2n) is 4.26. The molecule has 1 aromatic rings. The Morgan fingerprint density at radius 1 is 1.28 bits per heavy atom. The maximum atomic E-state index is 11.6. The Balaban J connectivity index is 2.04. The van der Waals surface area contributed by atoms with Gasteiger partial charge in [-0.1, -0.05) is 0 Å². The number of benzene rings is 1. The monoisotopic (exact) mass is 250 g/mol. The zero-order valence-electron chi connectivity index (χ0n) is 9.64. The van der Waals surface area contributed by atoms with Crippen molar-refractivity contribution in [1.82, 2.24) is 5.32 Å². The van der Waals surface area contributed by atoms with Crippen molar-refractivity contribution in [3.8, 4) is 5.75 Å². The highest BCUT2D eigenvalue weighted by Gasteiger charge is 2.20. The third-order valence-corrected chi connectivity index (χ3v) is 2.93. The van der Waals surface area contributed by atoms with Crippen LogP contribution >= 0.6 is 0 Å². The predicted molar refractivity (Wildman–Crippen MR) is 64.9 cm³/mol. The molecule has 96 valence electrons. The molecular weight excluding hydrogens is 236 g/mol. The molecular formula is C12H14N2O4. The maximum Gasteiger partial charge on any atom is 0.335 e. The van der Waals surface area contributed by atoms with Crippen molar-refractivity contribution in [1.29, 1.82) is 0 Å². The SMILES string of the molecule is O=C(Nc1cc(C(=O)O)ccc1O)NC1CCC1. The van der Waals surface area contributed by atoms with Crippen molar-refractivity contribution in [3.05, 3.63) is 23.8 Å². The van der Waals surface area contributed by atoms with E-state index < -0.39 is 12.0 Å². The number of phenols is 1. The van der Waals surface area contributed by atoms with Crippen LogP contribution in [0.4, 0.5) is 10.5 Å². The number of amides is 2. The molecule has 18 heavy (non-hydrogen) atoms. The molecule has 1 aliphatic rings. The number of carbonyl (C=O) groups is 2. The zero-order chi connectivity index (χ0) is 13.1. The van der Waals surface area contributed by atoms with Gasteiger partial charge in [0.15, 0.2) is 0 Å². The van der Waals surface area contributed by atoms with E-state index in [0.717, 1.165) is 19.3 Å². The molecule has 2 rings (SSSR count). The van der Waals surface area contributed by atoms with Crippen LogP contribution in [-0.2, 0) is 0 Å².